The Kier molecular flexibility index (Phi) is 4.61. The van der Waals surface area contributed by atoms with E-state index in [1.165, 1.54) is 24.0 Å². The van der Waals surface area contributed by atoms with Crippen molar-refractivity contribution in [2.45, 2.75) is 39.0 Å². The molecule has 0 bridgehead atoms. The Morgan fingerprint density at radius 2 is 2.05 bits per heavy atom. The number of carboxylic acid groups (broad SMARTS) is 1. The zero-order valence-electron chi connectivity index (χ0n) is 11.3. The van der Waals surface area contributed by atoms with Crippen LogP contribution in [0, 0.1) is 0 Å². The minimum atomic E-state index is -0.864. The van der Waals surface area contributed by atoms with Crippen molar-refractivity contribution in [3.8, 4) is 5.75 Å². The van der Waals surface area contributed by atoms with E-state index in [4.69, 9.17) is 9.84 Å². The Hall–Kier alpha value is -1.77. The number of aryl methyl sites for hydroxylation is 2. The molecule has 0 heterocycles. The van der Waals surface area contributed by atoms with Gasteiger partial charge in [-0.15, -0.1) is 0 Å². The Bertz CT molecular complexity index is 489. The minimum Gasteiger partial charge on any atom is -0.490 e. The minimum absolute atomic E-state index is 0.314. The molecule has 3 heteroatoms. The molecule has 1 N–H and O–H groups in total. The molecule has 1 aliphatic rings. The van der Waals surface area contributed by atoms with Crippen molar-refractivity contribution < 1.29 is 14.6 Å². The highest BCUT2D eigenvalue weighted by Gasteiger charge is 2.09. The normalized spacial score (nSPS) is 14.9. The fourth-order valence-corrected chi connectivity index (χ4v) is 2.42. The monoisotopic (exact) mass is 260 g/mol. The number of ether oxygens (including phenoxy) is 1. The van der Waals surface area contributed by atoms with Crippen LogP contribution in [0.3, 0.4) is 0 Å². The molecule has 1 aromatic carbocycles. The topological polar surface area (TPSA) is 46.5 Å². The number of rotatable bonds is 5. The molecule has 0 atom stereocenters. The lowest BCUT2D eigenvalue weighted by Gasteiger charge is -2.16. The van der Waals surface area contributed by atoms with Crippen LogP contribution < -0.4 is 4.74 Å². The molecular formula is C16H20O3. The summed E-state index contributed by atoms with van der Waals surface area (Å²) >= 11 is 0. The van der Waals surface area contributed by atoms with Crippen LogP contribution in [0.1, 0.15) is 37.3 Å². The molecule has 2 rings (SSSR count). The quantitative estimate of drug-likeness (QED) is 0.826. The van der Waals surface area contributed by atoms with Crippen molar-refractivity contribution in [2.24, 2.45) is 0 Å². The molecule has 3 nitrogen and oxygen atoms in total. The van der Waals surface area contributed by atoms with Gasteiger partial charge in [0.2, 0.25) is 0 Å². The largest absolute Gasteiger partial charge is 0.490 e. The Labute approximate surface area is 113 Å². The van der Waals surface area contributed by atoms with E-state index in [9.17, 15) is 4.79 Å². The van der Waals surface area contributed by atoms with Crippen LogP contribution >= 0.6 is 0 Å². The lowest BCUT2D eigenvalue weighted by molar-refractivity contribution is -0.132. The van der Waals surface area contributed by atoms with E-state index in [2.05, 4.69) is 12.1 Å². The van der Waals surface area contributed by atoms with Crippen LogP contribution in [0.25, 0.3) is 0 Å². The highest BCUT2D eigenvalue weighted by atomic mass is 16.5. The summed E-state index contributed by atoms with van der Waals surface area (Å²) in [6.07, 6.45) is 6.96. The van der Waals surface area contributed by atoms with Gasteiger partial charge in [-0.2, -0.15) is 0 Å². The number of hydrogen-bond donors (Lipinski definition) is 1. The third-order valence-corrected chi connectivity index (χ3v) is 3.56. The molecule has 0 radical (unpaired) electrons. The molecule has 1 aliphatic carbocycles. The molecule has 0 fully saturated rings. The van der Waals surface area contributed by atoms with Gasteiger partial charge in [0, 0.05) is 5.57 Å². The van der Waals surface area contributed by atoms with Crippen molar-refractivity contribution in [1.29, 1.82) is 0 Å². The molecule has 0 spiro atoms. The van der Waals surface area contributed by atoms with Gasteiger partial charge < -0.3 is 9.84 Å². The average Bonchev–Trinajstić information content (AvgIpc) is 2.43. The summed E-state index contributed by atoms with van der Waals surface area (Å²) in [7, 11) is 0. The van der Waals surface area contributed by atoms with Gasteiger partial charge in [-0.05, 0) is 61.4 Å². The number of carbonyl (C=O) groups is 1. The van der Waals surface area contributed by atoms with Crippen LogP contribution in [-0.2, 0) is 17.6 Å². The van der Waals surface area contributed by atoms with Crippen molar-refractivity contribution in [2.75, 3.05) is 6.61 Å². The summed E-state index contributed by atoms with van der Waals surface area (Å²) in [4.78, 5) is 10.8. The third-order valence-electron chi connectivity index (χ3n) is 3.56. The predicted octanol–water partition coefficient (Wildman–Crippen LogP) is 3.37. The van der Waals surface area contributed by atoms with Crippen molar-refractivity contribution in [3.63, 3.8) is 0 Å². The molecule has 0 aliphatic heterocycles. The lowest BCUT2D eigenvalue weighted by atomic mass is 9.92. The second kappa shape index (κ2) is 6.41. The summed E-state index contributed by atoms with van der Waals surface area (Å²) in [6, 6.07) is 6.20. The molecule has 102 valence electrons. The van der Waals surface area contributed by atoms with Crippen LogP contribution in [0.5, 0.6) is 5.75 Å². The maximum absolute atomic E-state index is 10.8. The summed E-state index contributed by atoms with van der Waals surface area (Å²) in [5, 5.41) is 8.90. The third kappa shape index (κ3) is 3.60. The highest BCUT2D eigenvalue weighted by molar-refractivity contribution is 5.86. The Morgan fingerprint density at radius 1 is 1.32 bits per heavy atom. The summed E-state index contributed by atoms with van der Waals surface area (Å²) < 4.78 is 5.61. The number of hydrogen-bond acceptors (Lipinski definition) is 2. The fraction of sp³-hybridized carbons (Fsp3) is 0.438. The van der Waals surface area contributed by atoms with Crippen LogP contribution in [0.15, 0.2) is 29.8 Å². The lowest BCUT2D eigenvalue weighted by Crippen LogP contribution is -2.05. The summed E-state index contributed by atoms with van der Waals surface area (Å²) in [6.45, 7) is 2.15. The van der Waals surface area contributed by atoms with E-state index in [1.54, 1.807) is 6.08 Å². The zero-order chi connectivity index (χ0) is 13.7. The first-order valence-electron chi connectivity index (χ1n) is 6.87. The van der Waals surface area contributed by atoms with Crippen molar-refractivity contribution in [3.05, 3.63) is 41.0 Å². The molecular weight excluding hydrogens is 240 g/mol. The van der Waals surface area contributed by atoms with E-state index in [-0.39, 0.29) is 0 Å². The highest BCUT2D eigenvalue weighted by Crippen LogP contribution is 2.25. The molecule has 0 unspecified atom stereocenters. The maximum Gasteiger partial charge on any atom is 0.331 e. The van der Waals surface area contributed by atoms with E-state index in [0.717, 1.165) is 18.6 Å². The summed E-state index contributed by atoms with van der Waals surface area (Å²) in [5.41, 5.74) is 3.20. The Balaban J connectivity index is 1.98. The molecule has 0 aromatic heterocycles. The van der Waals surface area contributed by atoms with Crippen molar-refractivity contribution >= 4 is 5.97 Å². The van der Waals surface area contributed by atoms with E-state index >= 15 is 0 Å². The van der Waals surface area contributed by atoms with E-state index in [1.807, 2.05) is 13.0 Å². The van der Waals surface area contributed by atoms with E-state index in [0.29, 0.717) is 18.6 Å². The van der Waals surface area contributed by atoms with Gasteiger partial charge in [-0.3, -0.25) is 0 Å². The maximum atomic E-state index is 10.8. The molecule has 0 saturated heterocycles. The number of carboxylic acids is 1. The molecule has 0 saturated carbocycles. The first-order chi connectivity index (χ1) is 9.20. The molecule has 1 aromatic rings. The smallest absolute Gasteiger partial charge is 0.331 e. The van der Waals surface area contributed by atoms with Crippen LogP contribution in [0.4, 0.5) is 0 Å². The SMILES string of the molecule is CCC(=CCOc1ccc2c(c1)CCCC2)C(=O)O. The number of fused-ring (bicyclic) bond motifs is 1. The van der Waals surface area contributed by atoms with E-state index < -0.39 is 5.97 Å². The Morgan fingerprint density at radius 3 is 2.74 bits per heavy atom. The number of aliphatic carboxylic acids is 1. The average molecular weight is 260 g/mol. The second-order valence-corrected chi connectivity index (χ2v) is 4.84. The predicted molar refractivity (Wildman–Crippen MR) is 74.6 cm³/mol. The molecule has 19 heavy (non-hydrogen) atoms. The van der Waals surface area contributed by atoms with Gasteiger partial charge in [0.05, 0.1) is 0 Å². The van der Waals surface area contributed by atoms with Crippen LogP contribution in [-0.4, -0.2) is 17.7 Å². The van der Waals surface area contributed by atoms with Gasteiger partial charge in [0.15, 0.2) is 0 Å². The van der Waals surface area contributed by atoms with Crippen molar-refractivity contribution in [1.82, 2.24) is 0 Å². The second-order valence-electron chi connectivity index (χ2n) is 4.84. The first-order valence-corrected chi connectivity index (χ1v) is 6.87. The first kappa shape index (κ1) is 13.7. The van der Waals surface area contributed by atoms with Gasteiger partial charge in [0.1, 0.15) is 12.4 Å². The summed E-state index contributed by atoms with van der Waals surface area (Å²) in [5.74, 6) is -0.0331. The van der Waals surface area contributed by atoms with Gasteiger partial charge in [-0.25, -0.2) is 4.79 Å². The number of benzene rings is 1. The molecule has 0 amide bonds. The van der Waals surface area contributed by atoms with Gasteiger partial charge >= 0.3 is 5.97 Å². The van der Waals surface area contributed by atoms with Gasteiger partial charge in [0.25, 0.3) is 0 Å². The zero-order valence-corrected chi connectivity index (χ0v) is 11.3. The van der Waals surface area contributed by atoms with Gasteiger partial charge in [-0.1, -0.05) is 13.0 Å². The van der Waals surface area contributed by atoms with Crippen LogP contribution in [0.2, 0.25) is 0 Å². The fourth-order valence-electron chi connectivity index (χ4n) is 2.42. The standard InChI is InChI=1S/C16H20O3/c1-2-12(16(17)18)9-10-19-15-8-7-13-5-3-4-6-14(13)11-15/h7-9,11H,2-6,10H2,1H3,(H,17,18).